The average molecular weight is 351 g/mol. The number of aromatic nitrogens is 1. The molecule has 140 valence electrons. The summed E-state index contributed by atoms with van der Waals surface area (Å²) in [6.45, 7) is 10.6. The second-order valence-electron chi connectivity index (χ2n) is 6.05. The van der Waals surface area contributed by atoms with Crippen LogP contribution < -0.4 is 10.6 Å². The molecular weight excluding hydrogens is 322 g/mol. The lowest BCUT2D eigenvalue weighted by Gasteiger charge is -2.32. The van der Waals surface area contributed by atoms with Gasteiger partial charge in [0.2, 0.25) is 5.89 Å². The highest BCUT2D eigenvalue weighted by molar-refractivity contribution is 5.80. The molecule has 1 amide bonds. The molecule has 0 bridgehead atoms. The van der Waals surface area contributed by atoms with E-state index >= 15 is 0 Å². The Bertz CT molecular complexity index is 572. The minimum Gasteiger partial charge on any atom is -0.450 e. The van der Waals surface area contributed by atoms with E-state index in [2.05, 4.69) is 20.6 Å². The molecule has 2 rings (SSSR count). The minimum absolute atomic E-state index is 0.226. The molecule has 2 N–H and O–H groups in total. The van der Waals surface area contributed by atoms with Crippen LogP contribution in [0.15, 0.2) is 9.41 Å². The molecule has 0 aliphatic carbocycles. The number of nitrogens with zero attached hydrogens (tertiary/aromatic N) is 3. The number of ether oxygens (including phenoxy) is 1. The normalized spacial score (nSPS) is 16.0. The summed E-state index contributed by atoms with van der Waals surface area (Å²) in [4.78, 5) is 22.4. The minimum atomic E-state index is -0.226. The number of carbonyl (C=O) groups is 1. The standard InChI is InChI=1S/C17H29N5O3/c1-5-18-16(19-11-15-20-12(3)13(4)25-15)21-14-7-9-22(10-8-14)17(23)24-6-2/h14H,5-11H2,1-4H3,(H2,18,19,21). The summed E-state index contributed by atoms with van der Waals surface area (Å²) < 4.78 is 10.6. The highest BCUT2D eigenvalue weighted by Gasteiger charge is 2.24. The van der Waals surface area contributed by atoms with Crippen molar-refractivity contribution in [3.8, 4) is 0 Å². The first-order valence-electron chi connectivity index (χ1n) is 8.92. The summed E-state index contributed by atoms with van der Waals surface area (Å²) in [5.74, 6) is 2.18. The van der Waals surface area contributed by atoms with Crippen LogP contribution in [0.5, 0.6) is 0 Å². The zero-order valence-corrected chi connectivity index (χ0v) is 15.6. The molecule has 1 aromatic heterocycles. The fourth-order valence-electron chi connectivity index (χ4n) is 2.69. The number of oxazole rings is 1. The van der Waals surface area contributed by atoms with Gasteiger partial charge < -0.3 is 24.7 Å². The van der Waals surface area contributed by atoms with Crippen molar-refractivity contribution < 1.29 is 13.9 Å². The van der Waals surface area contributed by atoms with Gasteiger partial charge in [0.1, 0.15) is 12.3 Å². The molecule has 8 heteroatoms. The fourth-order valence-corrected chi connectivity index (χ4v) is 2.69. The summed E-state index contributed by atoms with van der Waals surface area (Å²) in [6, 6.07) is 0.275. The predicted molar refractivity (Wildman–Crippen MR) is 95.5 cm³/mol. The first-order chi connectivity index (χ1) is 12.0. The van der Waals surface area contributed by atoms with Crippen molar-refractivity contribution in [3.63, 3.8) is 0 Å². The third-order valence-corrected chi connectivity index (χ3v) is 4.15. The van der Waals surface area contributed by atoms with E-state index in [1.54, 1.807) is 4.90 Å². The van der Waals surface area contributed by atoms with Crippen LogP contribution in [0.4, 0.5) is 4.79 Å². The molecule has 0 saturated carbocycles. The second kappa shape index (κ2) is 9.29. The van der Waals surface area contributed by atoms with Gasteiger partial charge in [0.05, 0.1) is 12.3 Å². The van der Waals surface area contributed by atoms with E-state index in [0.717, 1.165) is 36.8 Å². The van der Waals surface area contributed by atoms with E-state index in [-0.39, 0.29) is 12.1 Å². The fraction of sp³-hybridized carbons (Fsp3) is 0.706. The largest absolute Gasteiger partial charge is 0.450 e. The molecule has 2 heterocycles. The number of amides is 1. The van der Waals surface area contributed by atoms with Gasteiger partial charge in [-0.25, -0.2) is 14.8 Å². The number of hydrogen-bond acceptors (Lipinski definition) is 5. The van der Waals surface area contributed by atoms with Crippen molar-refractivity contribution in [2.45, 2.75) is 53.1 Å². The molecule has 25 heavy (non-hydrogen) atoms. The Morgan fingerprint density at radius 3 is 2.64 bits per heavy atom. The van der Waals surface area contributed by atoms with Crippen LogP contribution in [0.25, 0.3) is 0 Å². The summed E-state index contributed by atoms with van der Waals surface area (Å²) in [5.41, 5.74) is 0.898. The Hall–Kier alpha value is -2.25. The average Bonchev–Trinajstić information content (AvgIpc) is 2.92. The van der Waals surface area contributed by atoms with Gasteiger partial charge in [0.25, 0.3) is 0 Å². The van der Waals surface area contributed by atoms with Crippen LogP contribution >= 0.6 is 0 Å². The van der Waals surface area contributed by atoms with Gasteiger partial charge >= 0.3 is 6.09 Å². The van der Waals surface area contributed by atoms with Crippen molar-refractivity contribution in [3.05, 3.63) is 17.3 Å². The lowest BCUT2D eigenvalue weighted by atomic mass is 10.1. The summed E-state index contributed by atoms with van der Waals surface area (Å²) in [5, 5.41) is 6.67. The zero-order chi connectivity index (χ0) is 18.2. The Labute approximate surface area is 149 Å². The monoisotopic (exact) mass is 351 g/mol. The molecule has 1 aromatic rings. The molecule has 0 unspecified atom stereocenters. The molecule has 1 fully saturated rings. The first kappa shape index (κ1) is 19.1. The van der Waals surface area contributed by atoms with E-state index in [1.165, 1.54) is 0 Å². The van der Waals surface area contributed by atoms with Gasteiger partial charge in [-0.2, -0.15) is 0 Å². The number of piperidine rings is 1. The Morgan fingerprint density at radius 1 is 1.36 bits per heavy atom. The van der Waals surface area contributed by atoms with Crippen molar-refractivity contribution in [1.82, 2.24) is 20.5 Å². The van der Waals surface area contributed by atoms with Gasteiger partial charge in [-0.15, -0.1) is 0 Å². The molecule has 0 spiro atoms. The molecule has 1 aliphatic rings. The maximum atomic E-state index is 11.7. The van der Waals surface area contributed by atoms with Gasteiger partial charge in [-0.3, -0.25) is 0 Å². The number of aliphatic imine (C=N–C) groups is 1. The van der Waals surface area contributed by atoms with Gasteiger partial charge in [0, 0.05) is 25.7 Å². The first-order valence-corrected chi connectivity index (χ1v) is 8.92. The van der Waals surface area contributed by atoms with Crippen molar-refractivity contribution in [1.29, 1.82) is 0 Å². The van der Waals surface area contributed by atoms with E-state index < -0.39 is 0 Å². The Balaban J connectivity index is 1.87. The molecule has 0 atom stereocenters. The molecule has 1 saturated heterocycles. The number of nitrogens with one attached hydrogen (secondary N) is 2. The van der Waals surface area contributed by atoms with E-state index in [1.807, 2.05) is 27.7 Å². The highest BCUT2D eigenvalue weighted by Crippen LogP contribution is 2.12. The third kappa shape index (κ3) is 5.65. The smallest absolute Gasteiger partial charge is 0.409 e. The third-order valence-electron chi connectivity index (χ3n) is 4.15. The van der Waals surface area contributed by atoms with Gasteiger partial charge in [-0.1, -0.05) is 0 Å². The number of aryl methyl sites for hydroxylation is 2. The van der Waals surface area contributed by atoms with E-state index in [9.17, 15) is 4.79 Å². The van der Waals surface area contributed by atoms with Crippen LogP contribution in [0, 0.1) is 13.8 Å². The highest BCUT2D eigenvalue weighted by atomic mass is 16.6. The lowest BCUT2D eigenvalue weighted by molar-refractivity contribution is 0.0963. The summed E-state index contributed by atoms with van der Waals surface area (Å²) in [7, 11) is 0. The zero-order valence-electron chi connectivity index (χ0n) is 15.6. The quantitative estimate of drug-likeness (QED) is 0.622. The second-order valence-corrected chi connectivity index (χ2v) is 6.05. The van der Waals surface area contributed by atoms with Crippen molar-refractivity contribution in [2.24, 2.45) is 4.99 Å². The van der Waals surface area contributed by atoms with Crippen LogP contribution in [0.2, 0.25) is 0 Å². The summed E-state index contributed by atoms with van der Waals surface area (Å²) in [6.07, 6.45) is 1.50. The summed E-state index contributed by atoms with van der Waals surface area (Å²) >= 11 is 0. The number of guanidine groups is 1. The maximum absolute atomic E-state index is 11.7. The maximum Gasteiger partial charge on any atom is 0.409 e. The molecular formula is C17H29N5O3. The number of likely N-dealkylation sites (tertiary alicyclic amines) is 1. The lowest BCUT2D eigenvalue weighted by Crippen LogP contribution is -2.49. The van der Waals surface area contributed by atoms with Crippen molar-refractivity contribution in [2.75, 3.05) is 26.2 Å². The van der Waals surface area contributed by atoms with Gasteiger partial charge in [0.15, 0.2) is 5.96 Å². The number of hydrogen-bond donors (Lipinski definition) is 2. The predicted octanol–water partition coefficient (Wildman–Crippen LogP) is 1.97. The molecule has 0 aromatic carbocycles. The van der Waals surface area contributed by atoms with E-state index in [0.29, 0.717) is 32.1 Å². The van der Waals surface area contributed by atoms with Crippen LogP contribution in [-0.4, -0.2) is 54.2 Å². The molecule has 1 aliphatic heterocycles. The SMILES string of the molecule is CCNC(=NCc1nc(C)c(C)o1)NC1CCN(C(=O)OCC)CC1. The van der Waals surface area contributed by atoms with Gasteiger partial charge in [-0.05, 0) is 40.5 Å². The van der Waals surface area contributed by atoms with Crippen LogP contribution in [0.3, 0.4) is 0 Å². The van der Waals surface area contributed by atoms with Crippen molar-refractivity contribution >= 4 is 12.1 Å². The number of carbonyl (C=O) groups excluding carboxylic acids is 1. The topological polar surface area (TPSA) is 92.0 Å². The Morgan fingerprint density at radius 2 is 2.08 bits per heavy atom. The Kier molecular flexibility index (Phi) is 7.09. The molecule has 0 radical (unpaired) electrons. The van der Waals surface area contributed by atoms with E-state index in [4.69, 9.17) is 9.15 Å². The van der Waals surface area contributed by atoms with Crippen LogP contribution in [-0.2, 0) is 11.3 Å². The van der Waals surface area contributed by atoms with Crippen LogP contribution in [0.1, 0.15) is 44.0 Å². The number of rotatable bonds is 5. The molecule has 8 nitrogen and oxygen atoms in total.